The van der Waals surface area contributed by atoms with Crippen LogP contribution in [0.5, 0.6) is 5.75 Å². The van der Waals surface area contributed by atoms with Crippen molar-refractivity contribution in [2.24, 2.45) is 5.73 Å². The van der Waals surface area contributed by atoms with Crippen molar-refractivity contribution in [3.63, 3.8) is 0 Å². The van der Waals surface area contributed by atoms with Gasteiger partial charge < -0.3 is 15.0 Å². The first-order valence-electron chi connectivity index (χ1n) is 6.60. The average molecular weight is 257 g/mol. The SMILES string of the molecule is CC(C)(N)c1cncn1C1CCOc2ccccc21. The zero-order chi connectivity index (χ0) is 13.5. The maximum Gasteiger partial charge on any atom is 0.124 e. The largest absolute Gasteiger partial charge is 0.493 e. The summed E-state index contributed by atoms with van der Waals surface area (Å²) in [6, 6.07) is 8.44. The molecule has 0 spiro atoms. The van der Waals surface area contributed by atoms with E-state index in [1.807, 2.05) is 44.6 Å². The minimum Gasteiger partial charge on any atom is -0.493 e. The Morgan fingerprint density at radius 3 is 2.95 bits per heavy atom. The minimum absolute atomic E-state index is 0.255. The molecule has 0 amide bonds. The van der Waals surface area contributed by atoms with Gasteiger partial charge >= 0.3 is 0 Å². The van der Waals surface area contributed by atoms with Crippen molar-refractivity contribution in [3.8, 4) is 5.75 Å². The van der Waals surface area contributed by atoms with Gasteiger partial charge in [-0.1, -0.05) is 18.2 Å². The van der Waals surface area contributed by atoms with E-state index in [9.17, 15) is 0 Å². The van der Waals surface area contributed by atoms with Crippen molar-refractivity contribution in [2.45, 2.75) is 31.8 Å². The summed E-state index contributed by atoms with van der Waals surface area (Å²) < 4.78 is 7.89. The third-order valence-electron chi connectivity index (χ3n) is 3.59. The fourth-order valence-electron chi connectivity index (χ4n) is 2.66. The molecule has 100 valence electrons. The highest BCUT2D eigenvalue weighted by atomic mass is 16.5. The maximum atomic E-state index is 6.24. The first kappa shape index (κ1) is 12.2. The van der Waals surface area contributed by atoms with Gasteiger partial charge in [0, 0.05) is 12.0 Å². The second-order valence-corrected chi connectivity index (χ2v) is 5.60. The van der Waals surface area contributed by atoms with Crippen molar-refractivity contribution in [1.29, 1.82) is 0 Å². The van der Waals surface area contributed by atoms with Crippen LogP contribution in [0.3, 0.4) is 0 Å². The lowest BCUT2D eigenvalue weighted by Crippen LogP contribution is -2.33. The van der Waals surface area contributed by atoms with Gasteiger partial charge in [0.15, 0.2) is 0 Å². The van der Waals surface area contributed by atoms with E-state index in [0.717, 1.165) is 24.5 Å². The van der Waals surface area contributed by atoms with Crippen molar-refractivity contribution in [2.75, 3.05) is 6.61 Å². The summed E-state index contributed by atoms with van der Waals surface area (Å²) in [6.45, 7) is 4.74. The van der Waals surface area contributed by atoms with Crippen LogP contribution in [0, 0.1) is 0 Å². The Bertz CT molecular complexity index is 583. The first-order chi connectivity index (χ1) is 9.07. The summed E-state index contributed by atoms with van der Waals surface area (Å²) >= 11 is 0. The van der Waals surface area contributed by atoms with Gasteiger partial charge in [0.25, 0.3) is 0 Å². The third-order valence-corrected chi connectivity index (χ3v) is 3.59. The van der Waals surface area contributed by atoms with E-state index in [2.05, 4.69) is 15.6 Å². The number of imidazole rings is 1. The number of nitrogens with zero attached hydrogens (tertiary/aromatic N) is 2. The van der Waals surface area contributed by atoms with Gasteiger partial charge in [0.2, 0.25) is 0 Å². The van der Waals surface area contributed by atoms with Crippen LogP contribution in [-0.2, 0) is 5.54 Å². The zero-order valence-electron chi connectivity index (χ0n) is 11.3. The van der Waals surface area contributed by atoms with E-state index in [0.29, 0.717) is 0 Å². The highest BCUT2D eigenvalue weighted by Crippen LogP contribution is 2.36. The molecule has 0 aliphatic carbocycles. The van der Waals surface area contributed by atoms with Crippen LogP contribution >= 0.6 is 0 Å². The Morgan fingerprint density at radius 1 is 1.37 bits per heavy atom. The van der Waals surface area contributed by atoms with E-state index < -0.39 is 5.54 Å². The molecule has 2 heterocycles. The summed E-state index contributed by atoms with van der Waals surface area (Å²) in [5.41, 5.74) is 8.09. The number of benzene rings is 1. The molecule has 0 bridgehead atoms. The predicted octanol–water partition coefficient (Wildman–Crippen LogP) is 2.45. The molecule has 1 aromatic heterocycles. The summed E-state index contributed by atoms with van der Waals surface area (Å²) in [6.07, 6.45) is 4.67. The quantitative estimate of drug-likeness (QED) is 0.899. The van der Waals surface area contributed by atoms with E-state index in [-0.39, 0.29) is 6.04 Å². The Hall–Kier alpha value is -1.81. The molecule has 1 atom stereocenters. The number of rotatable bonds is 2. The van der Waals surface area contributed by atoms with Gasteiger partial charge in [0.1, 0.15) is 5.75 Å². The Kier molecular flexibility index (Phi) is 2.82. The van der Waals surface area contributed by atoms with E-state index >= 15 is 0 Å². The maximum absolute atomic E-state index is 6.24. The van der Waals surface area contributed by atoms with Crippen LogP contribution < -0.4 is 10.5 Å². The van der Waals surface area contributed by atoms with Gasteiger partial charge in [-0.25, -0.2) is 4.98 Å². The molecule has 3 rings (SSSR count). The molecule has 4 nitrogen and oxygen atoms in total. The van der Waals surface area contributed by atoms with Crippen LogP contribution in [0.1, 0.15) is 37.6 Å². The summed E-state index contributed by atoms with van der Waals surface area (Å²) in [5, 5.41) is 0. The smallest absolute Gasteiger partial charge is 0.124 e. The van der Waals surface area contributed by atoms with Crippen LogP contribution in [0.2, 0.25) is 0 Å². The van der Waals surface area contributed by atoms with Gasteiger partial charge in [0.05, 0.1) is 36.4 Å². The Labute approximate surface area is 113 Å². The summed E-state index contributed by atoms with van der Waals surface area (Å²) in [7, 11) is 0. The molecule has 1 aliphatic heterocycles. The number of nitrogens with two attached hydrogens (primary N) is 1. The van der Waals surface area contributed by atoms with Gasteiger partial charge in [-0.2, -0.15) is 0 Å². The number of ether oxygens (including phenoxy) is 1. The molecule has 0 radical (unpaired) electrons. The fourth-order valence-corrected chi connectivity index (χ4v) is 2.66. The molecule has 1 unspecified atom stereocenters. The molecule has 4 heteroatoms. The summed E-state index contributed by atoms with van der Waals surface area (Å²) in [4.78, 5) is 4.28. The van der Waals surface area contributed by atoms with Crippen LogP contribution in [0.25, 0.3) is 0 Å². The molecule has 1 aliphatic rings. The number of para-hydroxylation sites is 1. The van der Waals surface area contributed by atoms with E-state index in [1.54, 1.807) is 0 Å². The highest BCUT2D eigenvalue weighted by Gasteiger charge is 2.27. The lowest BCUT2D eigenvalue weighted by atomic mass is 9.97. The van der Waals surface area contributed by atoms with Crippen molar-refractivity contribution in [3.05, 3.63) is 48.0 Å². The normalized spacial score (nSPS) is 18.8. The monoisotopic (exact) mass is 257 g/mol. The Morgan fingerprint density at radius 2 is 2.16 bits per heavy atom. The third kappa shape index (κ3) is 2.12. The molecular weight excluding hydrogens is 238 g/mol. The molecule has 0 saturated carbocycles. The summed E-state index contributed by atoms with van der Waals surface area (Å²) in [5.74, 6) is 0.966. The standard InChI is InChI=1S/C15H19N3O/c1-15(2,16)14-9-17-10-18(14)12-7-8-19-13-6-4-3-5-11(12)13/h3-6,9-10,12H,7-8,16H2,1-2H3. The predicted molar refractivity (Wildman–Crippen MR) is 74.1 cm³/mol. The van der Waals surface area contributed by atoms with Crippen molar-refractivity contribution in [1.82, 2.24) is 9.55 Å². The molecule has 2 N–H and O–H groups in total. The lowest BCUT2D eigenvalue weighted by Gasteiger charge is -2.31. The average Bonchev–Trinajstić information content (AvgIpc) is 2.87. The van der Waals surface area contributed by atoms with Gasteiger partial charge in [-0.05, 0) is 19.9 Å². The van der Waals surface area contributed by atoms with Crippen molar-refractivity contribution < 1.29 is 4.74 Å². The van der Waals surface area contributed by atoms with Gasteiger partial charge in [-0.3, -0.25) is 0 Å². The zero-order valence-corrected chi connectivity index (χ0v) is 11.3. The molecular formula is C15H19N3O. The number of hydrogen-bond donors (Lipinski definition) is 1. The fraction of sp³-hybridized carbons (Fsp3) is 0.400. The number of fused-ring (bicyclic) bond motifs is 1. The molecule has 19 heavy (non-hydrogen) atoms. The van der Waals surface area contributed by atoms with Crippen LogP contribution in [0.4, 0.5) is 0 Å². The van der Waals surface area contributed by atoms with E-state index in [1.165, 1.54) is 5.56 Å². The second kappa shape index (κ2) is 4.38. The lowest BCUT2D eigenvalue weighted by molar-refractivity contribution is 0.252. The number of aromatic nitrogens is 2. The van der Waals surface area contributed by atoms with Crippen LogP contribution in [0.15, 0.2) is 36.8 Å². The minimum atomic E-state index is -0.399. The molecule has 2 aromatic rings. The molecule has 1 aromatic carbocycles. The first-order valence-corrected chi connectivity index (χ1v) is 6.60. The van der Waals surface area contributed by atoms with Crippen LogP contribution in [-0.4, -0.2) is 16.2 Å². The van der Waals surface area contributed by atoms with E-state index in [4.69, 9.17) is 10.5 Å². The Balaban J connectivity index is 2.08. The topological polar surface area (TPSA) is 53.1 Å². The molecule has 0 saturated heterocycles. The van der Waals surface area contributed by atoms with Crippen molar-refractivity contribution >= 4 is 0 Å². The molecule has 0 fully saturated rings. The highest BCUT2D eigenvalue weighted by molar-refractivity contribution is 5.38. The van der Waals surface area contributed by atoms with Gasteiger partial charge in [-0.15, -0.1) is 0 Å². The number of hydrogen-bond acceptors (Lipinski definition) is 3. The second-order valence-electron chi connectivity index (χ2n) is 5.60.